The van der Waals surface area contributed by atoms with E-state index in [2.05, 4.69) is 17.4 Å². The van der Waals surface area contributed by atoms with Crippen molar-refractivity contribution < 1.29 is 18.8 Å². The van der Waals surface area contributed by atoms with Crippen LogP contribution in [0.5, 0.6) is 0 Å². The third-order valence-corrected chi connectivity index (χ3v) is 5.87. The highest BCUT2D eigenvalue weighted by molar-refractivity contribution is 8.00. The number of carbonyl (C=O) groups is 1. The van der Waals surface area contributed by atoms with Gasteiger partial charge >= 0.3 is 0 Å². The highest BCUT2D eigenvalue weighted by atomic mass is 32.2. The standard InChI is InChI=1S/C21H25FN2O2S/c1-16(23-20(25)15-27-19-10-6-5-9-18(19)22)21(17-7-3-2-4-8-17)24-11-13-26-14-12-24/h2-10,16,21H,11-15H2,1H3,(H,23,25)/p+1/t16-,21+/m1/s1. The molecule has 0 aliphatic carbocycles. The van der Waals surface area contributed by atoms with Crippen LogP contribution in [0.1, 0.15) is 18.5 Å². The smallest absolute Gasteiger partial charge is 0.230 e. The molecule has 1 aliphatic rings. The maximum atomic E-state index is 13.7. The SMILES string of the molecule is C[C@@H](NC(=O)CSc1ccccc1F)[C@@H](c1ccccc1)[NH+]1CCOCC1. The molecule has 2 N–H and O–H groups in total. The molecule has 1 saturated heterocycles. The molecule has 2 aromatic carbocycles. The highest BCUT2D eigenvalue weighted by Crippen LogP contribution is 2.21. The van der Waals surface area contributed by atoms with Crippen molar-refractivity contribution >= 4 is 17.7 Å². The summed E-state index contributed by atoms with van der Waals surface area (Å²) in [5, 5.41) is 3.12. The number of amides is 1. The Bertz CT molecular complexity index is 738. The molecule has 1 aliphatic heterocycles. The molecule has 0 aromatic heterocycles. The number of hydrogen-bond donors (Lipinski definition) is 2. The second-order valence-corrected chi connectivity index (χ2v) is 7.75. The molecule has 0 unspecified atom stereocenters. The second-order valence-electron chi connectivity index (χ2n) is 6.73. The van der Waals surface area contributed by atoms with E-state index < -0.39 is 0 Å². The van der Waals surface area contributed by atoms with Crippen molar-refractivity contribution in [2.45, 2.75) is 23.9 Å². The van der Waals surface area contributed by atoms with Crippen LogP contribution in [0.2, 0.25) is 0 Å². The summed E-state index contributed by atoms with van der Waals surface area (Å²) >= 11 is 1.23. The van der Waals surface area contributed by atoms with E-state index in [1.807, 2.05) is 25.1 Å². The van der Waals surface area contributed by atoms with Gasteiger partial charge in [0, 0.05) is 10.5 Å². The first kappa shape index (κ1) is 19.9. The monoisotopic (exact) mass is 389 g/mol. The van der Waals surface area contributed by atoms with Crippen molar-refractivity contribution in [2.24, 2.45) is 0 Å². The summed E-state index contributed by atoms with van der Waals surface area (Å²) in [5.41, 5.74) is 1.21. The fourth-order valence-corrected chi connectivity index (χ4v) is 4.32. The summed E-state index contributed by atoms with van der Waals surface area (Å²) in [7, 11) is 0. The minimum absolute atomic E-state index is 0.0331. The molecule has 1 amide bonds. The summed E-state index contributed by atoms with van der Waals surface area (Å²) in [6.07, 6.45) is 0. The zero-order valence-corrected chi connectivity index (χ0v) is 16.3. The Morgan fingerprint density at radius 3 is 2.52 bits per heavy atom. The molecular weight excluding hydrogens is 363 g/mol. The van der Waals surface area contributed by atoms with Crippen LogP contribution >= 0.6 is 11.8 Å². The fraction of sp³-hybridized carbons (Fsp3) is 0.381. The van der Waals surface area contributed by atoms with Crippen molar-refractivity contribution in [3.63, 3.8) is 0 Å². The normalized spacial score (nSPS) is 17.3. The number of benzene rings is 2. The number of ether oxygens (including phenoxy) is 1. The summed E-state index contributed by atoms with van der Waals surface area (Å²) < 4.78 is 19.2. The Kier molecular flexibility index (Phi) is 7.26. The quantitative estimate of drug-likeness (QED) is 0.713. The molecule has 4 nitrogen and oxygen atoms in total. The van der Waals surface area contributed by atoms with E-state index in [0.29, 0.717) is 4.90 Å². The fourth-order valence-electron chi connectivity index (χ4n) is 3.57. The van der Waals surface area contributed by atoms with E-state index >= 15 is 0 Å². The number of morpholine rings is 1. The topological polar surface area (TPSA) is 42.8 Å². The number of carbonyl (C=O) groups excluding carboxylic acids is 1. The molecule has 2 aromatic rings. The molecule has 0 radical (unpaired) electrons. The Labute approximate surface area is 164 Å². The molecule has 2 atom stereocenters. The molecule has 1 fully saturated rings. The van der Waals surface area contributed by atoms with E-state index in [0.717, 1.165) is 26.3 Å². The Hall–Kier alpha value is -1.89. The minimum Gasteiger partial charge on any atom is -0.370 e. The third-order valence-electron chi connectivity index (χ3n) is 4.82. The van der Waals surface area contributed by atoms with E-state index in [-0.39, 0.29) is 29.6 Å². The average Bonchev–Trinajstić information content (AvgIpc) is 2.69. The van der Waals surface area contributed by atoms with E-state index in [1.54, 1.807) is 18.2 Å². The van der Waals surface area contributed by atoms with Gasteiger partial charge in [-0.1, -0.05) is 42.5 Å². The third kappa shape index (κ3) is 5.54. The Balaban J connectivity index is 1.64. The predicted octanol–water partition coefficient (Wildman–Crippen LogP) is 2.08. The molecule has 0 spiro atoms. The number of nitrogens with one attached hydrogen (secondary N) is 2. The van der Waals surface area contributed by atoms with Gasteiger partial charge in [-0.2, -0.15) is 0 Å². The van der Waals surface area contributed by atoms with Crippen LogP contribution in [0, 0.1) is 5.82 Å². The van der Waals surface area contributed by atoms with Crippen molar-refractivity contribution in [1.29, 1.82) is 0 Å². The summed E-state index contributed by atoms with van der Waals surface area (Å²) in [6.45, 7) is 5.37. The van der Waals surface area contributed by atoms with Gasteiger partial charge in [0.15, 0.2) is 0 Å². The van der Waals surface area contributed by atoms with Gasteiger partial charge in [-0.15, -0.1) is 11.8 Å². The lowest BCUT2D eigenvalue weighted by Gasteiger charge is -2.35. The lowest BCUT2D eigenvalue weighted by atomic mass is 9.98. The summed E-state index contributed by atoms with van der Waals surface area (Å²) in [6, 6.07) is 17.0. The van der Waals surface area contributed by atoms with Gasteiger partial charge in [0.25, 0.3) is 0 Å². The van der Waals surface area contributed by atoms with E-state index in [4.69, 9.17) is 4.74 Å². The first-order chi connectivity index (χ1) is 13.1. The lowest BCUT2D eigenvalue weighted by molar-refractivity contribution is -0.940. The highest BCUT2D eigenvalue weighted by Gasteiger charge is 2.32. The van der Waals surface area contributed by atoms with Gasteiger partial charge in [-0.25, -0.2) is 4.39 Å². The van der Waals surface area contributed by atoms with E-state index in [9.17, 15) is 9.18 Å². The van der Waals surface area contributed by atoms with Gasteiger partial charge in [0.2, 0.25) is 5.91 Å². The predicted molar refractivity (Wildman–Crippen MR) is 105 cm³/mol. The van der Waals surface area contributed by atoms with Gasteiger partial charge < -0.3 is 15.0 Å². The van der Waals surface area contributed by atoms with Gasteiger partial charge in [0.05, 0.1) is 25.0 Å². The van der Waals surface area contributed by atoms with Gasteiger partial charge in [-0.05, 0) is 19.1 Å². The molecule has 0 bridgehead atoms. The van der Waals surface area contributed by atoms with Crippen LogP contribution in [0.3, 0.4) is 0 Å². The van der Waals surface area contributed by atoms with Crippen molar-refractivity contribution in [3.8, 4) is 0 Å². The average molecular weight is 390 g/mol. The van der Waals surface area contributed by atoms with Crippen LogP contribution in [0.25, 0.3) is 0 Å². The number of hydrogen-bond acceptors (Lipinski definition) is 3. The van der Waals surface area contributed by atoms with Gasteiger partial charge in [0.1, 0.15) is 24.9 Å². The molecule has 3 rings (SSSR count). The number of rotatable bonds is 7. The lowest BCUT2D eigenvalue weighted by Crippen LogP contribution is -3.15. The summed E-state index contributed by atoms with van der Waals surface area (Å²) in [4.78, 5) is 14.4. The first-order valence-electron chi connectivity index (χ1n) is 9.29. The van der Waals surface area contributed by atoms with Gasteiger partial charge in [-0.3, -0.25) is 4.79 Å². The van der Waals surface area contributed by atoms with Crippen LogP contribution in [0.15, 0.2) is 59.5 Å². The van der Waals surface area contributed by atoms with Crippen LogP contribution in [-0.4, -0.2) is 44.0 Å². The van der Waals surface area contributed by atoms with Crippen molar-refractivity contribution in [3.05, 3.63) is 66.0 Å². The molecule has 6 heteroatoms. The largest absolute Gasteiger partial charge is 0.370 e. The number of thioether (sulfide) groups is 1. The second kappa shape index (κ2) is 9.88. The molecule has 0 saturated carbocycles. The van der Waals surface area contributed by atoms with Crippen LogP contribution < -0.4 is 10.2 Å². The van der Waals surface area contributed by atoms with Crippen molar-refractivity contribution in [1.82, 2.24) is 5.32 Å². The summed E-state index contributed by atoms with van der Waals surface area (Å²) in [5.74, 6) is -0.168. The first-order valence-corrected chi connectivity index (χ1v) is 10.3. The number of quaternary nitrogens is 1. The van der Waals surface area contributed by atoms with Crippen molar-refractivity contribution in [2.75, 3.05) is 32.1 Å². The molecular formula is C21H26FN2O2S+. The van der Waals surface area contributed by atoms with E-state index in [1.165, 1.54) is 28.3 Å². The Morgan fingerprint density at radius 2 is 1.81 bits per heavy atom. The minimum atomic E-state index is -0.289. The molecule has 144 valence electrons. The Morgan fingerprint density at radius 1 is 1.15 bits per heavy atom. The zero-order chi connectivity index (χ0) is 19.1. The number of halogens is 1. The maximum absolute atomic E-state index is 13.7. The zero-order valence-electron chi connectivity index (χ0n) is 15.5. The molecule has 27 heavy (non-hydrogen) atoms. The van der Waals surface area contributed by atoms with Crippen LogP contribution in [0.4, 0.5) is 4.39 Å². The maximum Gasteiger partial charge on any atom is 0.230 e. The molecule has 1 heterocycles. The van der Waals surface area contributed by atoms with Crippen LogP contribution in [-0.2, 0) is 9.53 Å².